The SMILES string of the molecule is [B]C1([B])OC([B])([B])C([B])([B])N(C(=O)Nc2cc3cc(-c4cnc(C)n4C)cnc3cn2)C1([B])[B]. The number of pyridine rings is 2. The summed E-state index contributed by atoms with van der Waals surface area (Å²) in [6.45, 7) is 1.89. The molecule has 1 fully saturated rings. The lowest BCUT2D eigenvalue weighted by Gasteiger charge is -2.69. The average molecular weight is 431 g/mol. The molecule has 16 radical (unpaired) electrons. The summed E-state index contributed by atoms with van der Waals surface area (Å²) in [5.41, 5.74) is 2.25. The first-order chi connectivity index (χ1) is 15.6. The number of amides is 2. The molecule has 3 aromatic heterocycles. The van der Waals surface area contributed by atoms with Crippen LogP contribution in [0.25, 0.3) is 22.2 Å². The molecule has 0 bridgehead atoms. The Morgan fingerprint density at radius 3 is 2.09 bits per heavy atom. The minimum atomic E-state index is -2.42. The number of ether oxygens (including phenoxy) is 1. The molecule has 34 heavy (non-hydrogen) atoms. The Labute approximate surface area is 208 Å². The van der Waals surface area contributed by atoms with Crippen LogP contribution >= 0.6 is 0 Å². The Morgan fingerprint density at radius 2 is 1.53 bits per heavy atom. The number of nitrogens with one attached hydrogen (secondary N) is 1. The van der Waals surface area contributed by atoms with Crippen molar-refractivity contribution in [2.45, 2.75) is 28.4 Å². The summed E-state index contributed by atoms with van der Waals surface area (Å²) in [6, 6.07) is 2.41. The quantitative estimate of drug-likeness (QED) is 0.483. The number of imidazole rings is 1. The molecule has 3 aromatic rings. The Kier molecular flexibility index (Phi) is 5.63. The lowest BCUT2D eigenvalue weighted by atomic mass is 9.30. The van der Waals surface area contributed by atoms with Gasteiger partial charge in [0.1, 0.15) is 43.0 Å². The number of anilines is 1. The number of carbonyl (C=O) groups excluding carboxylic acids is 1. The third-order valence-electron chi connectivity index (χ3n) is 5.85. The highest BCUT2D eigenvalue weighted by atomic mass is 16.5. The fourth-order valence-electron chi connectivity index (χ4n) is 3.61. The average Bonchev–Trinajstić information content (AvgIpc) is 3.03. The normalized spacial score (nSPS) is 20.1. The van der Waals surface area contributed by atoms with Crippen molar-refractivity contribution >= 4 is 85.5 Å². The van der Waals surface area contributed by atoms with Crippen LogP contribution in [-0.2, 0) is 11.8 Å². The molecule has 0 aromatic carbocycles. The zero-order valence-electron chi connectivity index (χ0n) is 18.6. The van der Waals surface area contributed by atoms with Crippen LogP contribution < -0.4 is 5.32 Å². The molecule has 4 rings (SSSR count). The number of hydrogen-bond acceptors (Lipinski definition) is 5. The Morgan fingerprint density at radius 1 is 0.912 bits per heavy atom. The summed E-state index contributed by atoms with van der Waals surface area (Å²) in [5, 5.41) is -6.50. The van der Waals surface area contributed by atoms with Gasteiger partial charge in [-0.3, -0.25) is 10.3 Å². The lowest BCUT2D eigenvalue weighted by Crippen LogP contribution is -2.87. The van der Waals surface area contributed by atoms with Crippen LogP contribution in [0.3, 0.4) is 0 Å². The molecule has 1 aliphatic rings. The molecule has 1 aliphatic heterocycles. The number of aryl methyl sites for hydroxylation is 1. The van der Waals surface area contributed by atoms with Gasteiger partial charge in [0.25, 0.3) is 0 Å². The van der Waals surface area contributed by atoms with Crippen LogP contribution in [0, 0.1) is 6.92 Å². The molecule has 0 spiro atoms. The van der Waals surface area contributed by atoms with Crippen molar-refractivity contribution in [3.05, 3.63) is 36.5 Å². The van der Waals surface area contributed by atoms with E-state index in [0.717, 1.165) is 17.1 Å². The fourth-order valence-corrected chi connectivity index (χ4v) is 3.61. The fraction of sp³-hybridized carbons (Fsp3) is 0.333. The van der Waals surface area contributed by atoms with Crippen molar-refractivity contribution in [2.24, 2.45) is 7.05 Å². The third-order valence-corrected chi connectivity index (χ3v) is 5.85. The first-order valence-corrected chi connectivity index (χ1v) is 9.95. The van der Waals surface area contributed by atoms with Gasteiger partial charge < -0.3 is 14.2 Å². The molecule has 4 heterocycles. The number of morpholine rings is 1. The van der Waals surface area contributed by atoms with E-state index < -0.39 is 27.5 Å². The van der Waals surface area contributed by atoms with Crippen LogP contribution in [0.1, 0.15) is 5.82 Å². The van der Waals surface area contributed by atoms with Crippen LogP contribution in [0.5, 0.6) is 0 Å². The highest BCUT2D eigenvalue weighted by molar-refractivity contribution is 6.60. The molecular weight excluding hydrogens is 419 g/mol. The molecule has 0 aliphatic carbocycles. The smallest absolute Gasteiger partial charge is 0.321 e. The number of hydrogen-bond donors (Lipinski definition) is 1. The molecule has 0 unspecified atom stereocenters. The van der Waals surface area contributed by atoms with Crippen LogP contribution in [0.2, 0.25) is 0 Å². The van der Waals surface area contributed by atoms with E-state index in [1.807, 2.05) is 24.6 Å². The lowest BCUT2D eigenvalue weighted by molar-refractivity contribution is -0.0913. The van der Waals surface area contributed by atoms with Crippen molar-refractivity contribution in [3.63, 3.8) is 0 Å². The monoisotopic (exact) mass is 432 g/mol. The second-order valence-electron chi connectivity index (χ2n) is 8.34. The molecule has 2 amide bonds. The third kappa shape index (κ3) is 3.70. The van der Waals surface area contributed by atoms with Gasteiger partial charge in [-0.05, 0) is 40.5 Å². The van der Waals surface area contributed by atoms with Crippen molar-refractivity contribution < 1.29 is 9.53 Å². The predicted octanol–water partition coefficient (Wildman–Crippen LogP) is -1.83. The number of carbonyl (C=O) groups is 1. The number of aromatic nitrogens is 4. The van der Waals surface area contributed by atoms with Crippen molar-refractivity contribution in [3.8, 4) is 11.3 Å². The van der Waals surface area contributed by atoms with E-state index in [4.69, 9.17) is 67.5 Å². The predicted molar refractivity (Wildman–Crippen MR) is 135 cm³/mol. The minimum Gasteiger partial charge on any atom is -0.405 e. The highest BCUT2D eigenvalue weighted by Crippen LogP contribution is 2.40. The summed E-state index contributed by atoms with van der Waals surface area (Å²) >= 11 is 0. The summed E-state index contributed by atoms with van der Waals surface area (Å²) in [5.74, 6) is 0.934. The number of urea groups is 1. The first-order valence-electron chi connectivity index (χ1n) is 9.95. The second kappa shape index (κ2) is 7.77. The Balaban J connectivity index is 1.70. The van der Waals surface area contributed by atoms with Crippen molar-refractivity contribution in [1.82, 2.24) is 24.4 Å². The van der Waals surface area contributed by atoms with E-state index in [-0.39, 0.29) is 5.82 Å². The van der Waals surface area contributed by atoms with Gasteiger partial charge in [-0.15, -0.1) is 0 Å². The molecule has 1 saturated heterocycles. The van der Waals surface area contributed by atoms with Crippen molar-refractivity contribution in [2.75, 3.05) is 5.32 Å². The van der Waals surface area contributed by atoms with Gasteiger partial charge >= 0.3 is 6.03 Å². The van der Waals surface area contributed by atoms with Gasteiger partial charge in [0.15, 0.2) is 0 Å². The van der Waals surface area contributed by atoms with Gasteiger partial charge in [-0.2, -0.15) is 0 Å². The molecule has 0 saturated carbocycles. The van der Waals surface area contributed by atoms with Gasteiger partial charge in [0, 0.05) is 24.2 Å². The summed E-state index contributed by atoms with van der Waals surface area (Å²) in [6.07, 6.45) is 4.90. The Bertz CT molecular complexity index is 1270. The molecule has 8 nitrogen and oxygen atoms in total. The van der Waals surface area contributed by atoms with Crippen molar-refractivity contribution in [1.29, 1.82) is 0 Å². The van der Waals surface area contributed by atoms with Crippen LogP contribution in [-0.4, -0.2) is 115 Å². The maximum atomic E-state index is 13.2. The van der Waals surface area contributed by atoms with Crippen LogP contribution in [0.15, 0.2) is 30.7 Å². The van der Waals surface area contributed by atoms with Gasteiger partial charge in [0.05, 0.1) is 55.0 Å². The topological polar surface area (TPSA) is 85.2 Å². The van der Waals surface area contributed by atoms with E-state index in [0.29, 0.717) is 15.8 Å². The summed E-state index contributed by atoms with van der Waals surface area (Å²) in [4.78, 5) is 26.6. The maximum absolute atomic E-state index is 13.2. The second-order valence-corrected chi connectivity index (χ2v) is 8.34. The maximum Gasteiger partial charge on any atom is 0.321 e. The van der Waals surface area contributed by atoms with Gasteiger partial charge in [0.2, 0.25) is 0 Å². The summed E-state index contributed by atoms with van der Waals surface area (Å²) in [7, 11) is 49.2. The molecule has 16 heteroatoms. The molecule has 0 atom stereocenters. The molecular formula is C18H12B8N6O2. The Hall–Kier alpha value is -2.48. The van der Waals surface area contributed by atoms with E-state index >= 15 is 0 Å². The van der Waals surface area contributed by atoms with Gasteiger partial charge in [-0.1, -0.05) is 0 Å². The first kappa shape index (κ1) is 24.6. The highest BCUT2D eigenvalue weighted by Gasteiger charge is 2.58. The van der Waals surface area contributed by atoms with Gasteiger partial charge in [-0.25, -0.2) is 14.8 Å². The van der Waals surface area contributed by atoms with E-state index in [9.17, 15) is 4.79 Å². The van der Waals surface area contributed by atoms with E-state index in [1.165, 1.54) is 6.20 Å². The van der Waals surface area contributed by atoms with Crippen LogP contribution in [0.4, 0.5) is 10.6 Å². The number of fused-ring (bicyclic) bond motifs is 1. The number of nitrogens with zero attached hydrogens (tertiary/aromatic N) is 5. The van der Waals surface area contributed by atoms with E-state index in [1.54, 1.807) is 18.5 Å². The zero-order valence-corrected chi connectivity index (χ0v) is 18.6. The number of rotatable bonds is 2. The molecule has 1 N–H and O–H groups in total. The molecule has 150 valence electrons. The summed E-state index contributed by atoms with van der Waals surface area (Å²) < 4.78 is 7.03. The minimum absolute atomic E-state index is 0.0926. The zero-order chi connectivity index (χ0) is 25.3. The standard InChI is InChI=1S/C18H12B8N6O2/c1-8-27-7-12(31(8)2)10-3-9-4-13(29-6-11(9)28-5-10)30-14(33)32-15(19,20)17(23,24)34-18(25,26)16(32,21)22/h3-7H,1-2H3,(H,29,30,33). The van der Waals surface area contributed by atoms with E-state index in [2.05, 4.69) is 20.3 Å². The largest absolute Gasteiger partial charge is 0.405 e.